The minimum Gasteiger partial charge on any atom is -0.449 e. The fourth-order valence-electron chi connectivity index (χ4n) is 2.59. The van der Waals surface area contributed by atoms with Crippen LogP contribution in [-0.4, -0.2) is 27.2 Å². The van der Waals surface area contributed by atoms with Crippen molar-refractivity contribution in [2.24, 2.45) is 0 Å². The first kappa shape index (κ1) is 16.0. The van der Waals surface area contributed by atoms with Gasteiger partial charge in [-0.15, -0.1) is 0 Å². The van der Waals surface area contributed by atoms with Crippen molar-refractivity contribution in [2.45, 2.75) is 37.8 Å². The summed E-state index contributed by atoms with van der Waals surface area (Å²) in [5.41, 5.74) is 0. The minimum atomic E-state index is -0.548. The van der Waals surface area contributed by atoms with Crippen LogP contribution in [0, 0.1) is 5.82 Å². The summed E-state index contributed by atoms with van der Waals surface area (Å²) in [6.07, 6.45) is 5.87. The van der Waals surface area contributed by atoms with Crippen LogP contribution in [-0.2, 0) is 0 Å². The molecule has 3 rings (SSSR count). The van der Waals surface area contributed by atoms with Crippen LogP contribution < -0.4 is 10.1 Å². The number of hydrogen-bond donors (Lipinski definition) is 2. The van der Waals surface area contributed by atoms with E-state index in [9.17, 15) is 9.50 Å². The summed E-state index contributed by atoms with van der Waals surface area (Å²) in [7, 11) is 0. The van der Waals surface area contributed by atoms with E-state index in [2.05, 4.69) is 15.3 Å². The number of nitrogens with one attached hydrogen (secondary N) is 1. The number of anilines is 1. The Morgan fingerprint density at radius 1 is 1.22 bits per heavy atom. The predicted molar refractivity (Wildman–Crippen MR) is 85.4 cm³/mol. The topological polar surface area (TPSA) is 67.3 Å². The first-order chi connectivity index (χ1) is 11.1. The average molecular weight is 338 g/mol. The monoisotopic (exact) mass is 337 g/mol. The molecule has 1 heterocycles. The zero-order valence-electron chi connectivity index (χ0n) is 12.4. The quantitative estimate of drug-likeness (QED) is 0.888. The third kappa shape index (κ3) is 4.09. The highest BCUT2D eigenvalue weighted by atomic mass is 35.5. The smallest absolute Gasteiger partial charge is 0.188 e. The molecule has 1 fully saturated rings. The van der Waals surface area contributed by atoms with Gasteiger partial charge in [0, 0.05) is 11.1 Å². The fourth-order valence-corrected chi connectivity index (χ4v) is 2.75. The second-order valence-corrected chi connectivity index (χ2v) is 6.00. The molecule has 0 radical (unpaired) electrons. The maximum Gasteiger partial charge on any atom is 0.188 e. The highest BCUT2D eigenvalue weighted by Gasteiger charge is 2.21. The van der Waals surface area contributed by atoms with Gasteiger partial charge in [0.25, 0.3) is 0 Å². The predicted octanol–water partition coefficient (Wildman–Crippen LogP) is 3.78. The summed E-state index contributed by atoms with van der Waals surface area (Å²) in [5, 5.41) is 13.2. The average Bonchev–Trinajstić information content (AvgIpc) is 2.54. The summed E-state index contributed by atoms with van der Waals surface area (Å²) < 4.78 is 19.5. The molecule has 0 spiro atoms. The summed E-state index contributed by atoms with van der Waals surface area (Å²) in [6, 6.07) is 4.41. The van der Waals surface area contributed by atoms with Crippen LogP contribution in [0.3, 0.4) is 0 Å². The first-order valence-corrected chi connectivity index (χ1v) is 7.87. The van der Waals surface area contributed by atoms with Crippen LogP contribution in [0.15, 0.2) is 30.7 Å². The van der Waals surface area contributed by atoms with Crippen molar-refractivity contribution in [2.75, 3.05) is 5.32 Å². The van der Waals surface area contributed by atoms with E-state index in [1.807, 2.05) is 0 Å². The van der Waals surface area contributed by atoms with Crippen molar-refractivity contribution in [3.8, 4) is 11.5 Å². The second kappa shape index (κ2) is 7.10. The van der Waals surface area contributed by atoms with Crippen LogP contribution in [0.2, 0.25) is 5.02 Å². The second-order valence-electron chi connectivity index (χ2n) is 5.56. The third-order valence-corrected chi connectivity index (χ3v) is 4.07. The van der Waals surface area contributed by atoms with Crippen LogP contribution in [0.25, 0.3) is 0 Å². The van der Waals surface area contributed by atoms with E-state index in [0.29, 0.717) is 16.6 Å². The van der Waals surface area contributed by atoms with Gasteiger partial charge in [-0.1, -0.05) is 11.6 Å². The van der Waals surface area contributed by atoms with Gasteiger partial charge in [0.15, 0.2) is 23.1 Å². The normalized spacial score (nSPS) is 21.0. The SMILES string of the molecule is OC1CCC(Nc2ncncc2Oc2ccc(Cl)cc2F)CC1. The zero-order chi connectivity index (χ0) is 16.2. The number of aliphatic hydroxyl groups is 1. The van der Waals surface area contributed by atoms with Gasteiger partial charge in [-0.3, -0.25) is 0 Å². The van der Waals surface area contributed by atoms with Crippen molar-refractivity contribution >= 4 is 17.4 Å². The summed E-state index contributed by atoms with van der Waals surface area (Å²) in [5.74, 6) is 0.370. The van der Waals surface area contributed by atoms with Gasteiger partial charge in [-0.2, -0.15) is 0 Å². The van der Waals surface area contributed by atoms with Crippen LogP contribution in [0.1, 0.15) is 25.7 Å². The zero-order valence-corrected chi connectivity index (χ0v) is 13.1. The largest absolute Gasteiger partial charge is 0.449 e. The number of benzene rings is 1. The summed E-state index contributed by atoms with van der Waals surface area (Å²) >= 11 is 5.74. The number of halogens is 2. The van der Waals surface area contributed by atoms with Crippen molar-refractivity contribution in [1.82, 2.24) is 9.97 Å². The molecule has 1 aliphatic rings. The molecule has 0 aliphatic heterocycles. The van der Waals surface area contributed by atoms with Crippen molar-refractivity contribution in [1.29, 1.82) is 0 Å². The number of nitrogens with zero attached hydrogens (tertiary/aromatic N) is 2. The fraction of sp³-hybridized carbons (Fsp3) is 0.375. The molecule has 1 aromatic carbocycles. The van der Waals surface area contributed by atoms with Crippen molar-refractivity contribution in [3.05, 3.63) is 41.6 Å². The lowest BCUT2D eigenvalue weighted by Crippen LogP contribution is -2.28. The summed E-state index contributed by atoms with van der Waals surface area (Å²) in [6.45, 7) is 0. The molecule has 5 nitrogen and oxygen atoms in total. The van der Waals surface area contributed by atoms with Gasteiger partial charge in [0.05, 0.1) is 12.3 Å². The Balaban J connectivity index is 1.75. The third-order valence-electron chi connectivity index (χ3n) is 3.83. The minimum absolute atomic E-state index is 0.0614. The van der Waals surface area contributed by atoms with Gasteiger partial charge in [-0.05, 0) is 43.9 Å². The maximum absolute atomic E-state index is 13.9. The number of aromatic nitrogens is 2. The van der Waals surface area contributed by atoms with Gasteiger partial charge >= 0.3 is 0 Å². The van der Waals surface area contributed by atoms with E-state index < -0.39 is 5.82 Å². The Hall–Kier alpha value is -1.92. The van der Waals surface area contributed by atoms with E-state index in [0.717, 1.165) is 25.7 Å². The Bertz CT molecular complexity index is 678. The van der Waals surface area contributed by atoms with Crippen LogP contribution in [0.5, 0.6) is 11.5 Å². The highest BCUT2D eigenvalue weighted by Crippen LogP contribution is 2.31. The molecule has 1 aromatic heterocycles. The molecule has 23 heavy (non-hydrogen) atoms. The van der Waals surface area contributed by atoms with E-state index in [-0.39, 0.29) is 17.9 Å². The Morgan fingerprint density at radius 2 is 2.00 bits per heavy atom. The molecule has 0 unspecified atom stereocenters. The first-order valence-electron chi connectivity index (χ1n) is 7.49. The van der Waals surface area contributed by atoms with E-state index >= 15 is 0 Å². The molecule has 0 bridgehead atoms. The molecule has 122 valence electrons. The van der Waals surface area contributed by atoms with Gasteiger partial charge in [0.2, 0.25) is 0 Å². The number of rotatable bonds is 4. The van der Waals surface area contributed by atoms with Crippen LogP contribution >= 0.6 is 11.6 Å². The molecule has 2 aromatic rings. The molecule has 1 saturated carbocycles. The Morgan fingerprint density at radius 3 is 2.74 bits per heavy atom. The molecule has 7 heteroatoms. The molecule has 0 saturated heterocycles. The molecule has 0 atom stereocenters. The maximum atomic E-state index is 13.9. The van der Waals surface area contributed by atoms with E-state index in [1.165, 1.54) is 24.7 Å². The molecule has 2 N–H and O–H groups in total. The molecule has 1 aliphatic carbocycles. The lowest BCUT2D eigenvalue weighted by atomic mass is 9.93. The Kier molecular flexibility index (Phi) is 4.93. The molecular formula is C16H17ClFN3O2. The lowest BCUT2D eigenvalue weighted by molar-refractivity contribution is 0.126. The standard InChI is InChI=1S/C16H17ClFN3O2/c17-10-1-6-14(13(18)7-10)23-15-8-19-9-20-16(15)21-11-2-4-12(22)5-3-11/h1,6-9,11-12,22H,2-5H2,(H,19,20,21). The van der Waals surface area contributed by atoms with Gasteiger partial charge < -0.3 is 15.2 Å². The van der Waals surface area contributed by atoms with Gasteiger partial charge in [-0.25, -0.2) is 14.4 Å². The van der Waals surface area contributed by atoms with Crippen molar-refractivity contribution < 1.29 is 14.2 Å². The lowest BCUT2D eigenvalue weighted by Gasteiger charge is -2.27. The van der Waals surface area contributed by atoms with Gasteiger partial charge in [0.1, 0.15) is 6.33 Å². The molecule has 0 amide bonds. The highest BCUT2D eigenvalue weighted by molar-refractivity contribution is 6.30. The van der Waals surface area contributed by atoms with E-state index in [4.69, 9.17) is 16.3 Å². The number of ether oxygens (including phenoxy) is 1. The summed E-state index contributed by atoms with van der Waals surface area (Å²) in [4.78, 5) is 8.11. The number of hydrogen-bond acceptors (Lipinski definition) is 5. The van der Waals surface area contributed by atoms with E-state index in [1.54, 1.807) is 6.07 Å². The van der Waals surface area contributed by atoms with Crippen molar-refractivity contribution in [3.63, 3.8) is 0 Å². The van der Waals surface area contributed by atoms with Crippen LogP contribution in [0.4, 0.5) is 10.2 Å². The number of aliphatic hydroxyl groups excluding tert-OH is 1. The Labute approximate surface area is 138 Å². The molecular weight excluding hydrogens is 321 g/mol.